The first-order valence-corrected chi connectivity index (χ1v) is 9.24. The van der Waals surface area contributed by atoms with Crippen LogP contribution in [-0.2, 0) is 23.1 Å². The first-order valence-electron chi connectivity index (χ1n) is 9.24. The fraction of sp³-hybridized carbons (Fsp3) is 0.778. The first-order chi connectivity index (χ1) is 11.7. The number of rotatable bonds is 3. The van der Waals surface area contributed by atoms with Crippen molar-refractivity contribution in [1.29, 1.82) is 0 Å². The van der Waals surface area contributed by atoms with Crippen molar-refractivity contribution in [2.24, 2.45) is 18.4 Å². The average Bonchev–Trinajstić information content (AvgIpc) is 3.31. The maximum absolute atomic E-state index is 13.1. The lowest BCUT2D eigenvalue weighted by Crippen LogP contribution is -2.47. The molecule has 4 rings (SSSR count). The van der Waals surface area contributed by atoms with Crippen LogP contribution in [0.25, 0.3) is 0 Å². The number of morpholine rings is 1. The van der Waals surface area contributed by atoms with Crippen LogP contribution in [-0.4, -0.2) is 64.9 Å². The van der Waals surface area contributed by atoms with Crippen LogP contribution in [0.4, 0.5) is 0 Å². The Labute approximate surface area is 143 Å². The highest BCUT2D eigenvalue weighted by Gasteiger charge is 2.51. The number of likely N-dealkylation sites (tertiary alicyclic amines) is 1. The van der Waals surface area contributed by atoms with Crippen molar-refractivity contribution in [1.82, 2.24) is 19.6 Å². The first kappa shape index (κ1) is 16.1. The molecule has 24 heavy (non-hydrogen) atoms. The van der Waals surface area contributed by atoms with Gasteiger partial charge in [-0.1, -0.05) is 6.42 Å². The summed E-state index contributed by atoms with van der Waals surface area (Å²) in [5, 5.41) is 4.27. The van der Waals surface area contributed by atoms with E-state index >= 15 is 0 Å². The Hall–Kier alpha value is -1.40. The Morgan fingerprint density at radius 1 is 1.33 bits per heavy atom. The van der Waals surface area contributed by atoms with E-state index in [2.05, 4.69) is 16.1 Å². The summed E-state index contributed by atoms with van der Waals surface area (Å²) in [5.74, 6) is 0.602. The maximum Gasteiger partial charge on any atom is 0.226 e. The number of carbonyl (C=O) groups excluding carboxylic acids is 1. The van der Waals surface area contributed by atoms with Crippen molar-refractivity contribution < 1.29 is 9.53 Å². The van der Waals surface area contributed by atoms with E-state index in [9.17, 15) is 4.79 Å². The summed E-state index contributed by atoms with van der Waals surface area (Å²) >= 11 is 0. The summed E-state index contributed by atoms with van der Waals surface area (Å²) in [5.41, 5.74) is 1.45. The largest absolute Gasteiger partial charge is 0.378 e. The van der Waals surface area contributed by atoms with Crippen molar-refractivity contribution in [3.63, 3.8) is 0 Å². The van der Waals surface area contributed by atoms with Gasteiger partial charge < -0.3 is 9.64 Å². The van der Waals surface area contributed by atoms with E-state index in [-0.39, 0.29) is 11.3 Å². The third-order valence-electron chi connectivity index (χ3n) is 6.30. The molecule has 0 aromatic carbocycles. The van der Waals surface area contributed by atoms with Gasteiger partial charge in [0.15, 0.2) is 0 Å². The second kappa shape index (κ2) is 6.48. The Balaban J connectivity index is 1.44. The van der Waals surface area contributed by atoms with Gasteiger partial charge in [0.2, 0.25) is 5.91 Å². The Morgan fingerprint density at radius 3 is 2.92 bits per heavy atom. The number of hydrogen-bond acceptors (Lipinski definition) is 4. The highest BCUT2D eigenvalue weighted by Crippen LogP contribution is 2.50. The van der Waals surface area contributed by atoms with Gasteiger partial charge in [0, 0.05) is 45.3 Å². The van der Waals surface area contributed by atoms with E-state index in [1.54, 1.807) is 0 Å². The normalized spacial score (nSPS) is 31.2. The quantitative estimate of drug-likeness (QED) is 0.836. The standard InChI is InChI=1S/C18H28N4O2/c1-20-15(4-7-19-20)13-21-8-6-18(14-21)5-2-3-16(18)17(23)22-9-11-24-12-10-22/h4,7,16H,2-3,5-6,8-14H2,1H3/t16-,18-/m0/s1. The summed E-state index contributed by atoms with van der Waals surface area (Å²) in [6, 6.07) is 2.09. The van der Waals surface area contributed by atoms with Gasteiger partial charge >= 0.3 is 0 Å². The van der Waals surface area contributed by atoms with Gasteiger partial charge in [0.25, 0.3) is 0 Å². The van der Waals surface area contributed by atoms with Gasteiger partial charge in [-0.2, -0.15) is 5.10 Å². The molecule has 1 aliphatic carbocycles. The molecule has 3 heterocycles. The molecule has 0 unspecified atom stereocenters. The number of nitrogens with zero attached hydrogens (tertiary/aromatic N) is 4. The van der Waals surface area contributed by atoms with Crippen molar-refractivity contribution in [2.45, 2.75) is 32.2 Å². The van der Waals surface area contributed by atoms with Gasteiger partial charge in [-0.15, -0.1) is 0 Å². The van der Waals surface area contributed by atoms with E-state index in [1.807, 2.05) is 22.8 Å². The number of aryl methyl sites for hydroxylation is 1. The van der Waals surface area contributed by atoms with Gasteiger partial charge in [0.1, 0.15) is 0 Å². The van der Waals surface area contributed by atoms with Crippen molar-refractivity contribution >= 4 is 5.91 Å². The molecule has 1 aromatic rings. The van der Waals surface area contributed by atoms with Crippen LogP contribution in [0.2, 0.25) is 0 Å². The fourth-order valence-corrected chi connectivity index (χ4v) is 4.92. The van der Waals surface area contributed by atoms with Crippen LogP contribution in [0.1, 0.15) is 31.4 Å². The summed E-state index contributed by atoms with van der Waals surface area (Å²) in [4.78, 5) is 17.6. The highest BCUT2D eigenvalue weighted by molar-refractivity contribution is 5.80. The molecule has 0 radical (unpaired) electrons. The van der Waals surface area contributed by atoms with Crippen LogP contribution < -0.4 is 0 Å². The lowest BCUT2D eigenvalue weighted by atomic mass is 9.76. The van der Waals surface area contributed by atoms with Crippen molar-refractivity contribution in [3.8, 4) is 0 Å². The summed E-state index contributed by atoms with van der Waals surface area (Å²) in [7, 11) is 2.00. The fourth-order valence-electron chi connectivity index (χ4n) is 4.92. The molecule has 1 aromatic heterocycles. The molecular formula is C18H28N4O2. The zero-order valence-corrected chi connectivity index (χ0v) is 14.6. The minimum atomic E-state index is 0.202. The van der Waals surface area contributed by atoms with E-state index in [0.29, 0.717) is 19.1 Å². The molecule has 2 saturated heterocycles. The molecule has 1 spiro atoms. The third kappa shape index (κ3) is 2.86. The Kier molecular flexibility index (Phi) is 4.35. The smallest absolute Gasteiger partial charge is 0.226 e. The van der Waals surface area contributed by atoms with E-state index < -0.39 is 0 Å². The van der Waals surface area contributed by atoms with Gasteiger partial charge in [-0.25, -0.2) is 0 Å². The Bertz CT molecular complexity index is 596. The number of carbonyl (C=O) groups is 1. The monoisotopic (exact) mass is 332 g/mol. The molecule has 1 amide bonds. The molecule has 1 saturated carbocycles. The van der Waals surface area contributed by atoms with Crippen LogP contribution in [0.3, 0.4) is 0 Å². The lowest BCUT2D eigenvalue weighted by molar-refractivity contribution is -0.143. The van der Waals surface area contributed by atoms with Crippen LogP contribution in [0.5, 0.6) is 0 Å². The SMILES string of the molecule is Cn1nccc1CN1CC[C@@]2(CCC[C@H]2C(=O)N2CCOCC2)C1. The van der Waals surface area contributed by atoms with E-state index in [1.165, 1.54) is 18.5 Å². The predicted molar refractivity (Wildman–Crippen MR) is 90.3 cm³/mol. The topological polar surface area (TPSA) is 50.6 Å². The Morgan fingerprint density at radius 2 is 2.17 bits per heavy atom. The third-order valence-corrected chi connectivity index (χ3v) is 6.30. The predicted octanol–water partition coefficient (Wildman–Crippen LogP) is 1.27. The molecular weight excluding hydrogens is 304 g/mol. The van der Waals surface area contributed by atoms with Crippen LogP contribution >= 0.6 is 0 Å². The van der Waals surface area contributed by atoms with E-state index in [0.717, 1.165) is 45.6 Å². The molecule has 0 N–H and O–H groups in total. The number of ether oxygens (including phenoxy) is 1. The van der Waals surface area contributed by atoms with Crippen molar-refractivity contribution in [2.75, 3.05) is 39.4 Å². The van der Waals surface area contributed by atoms with Crippen molar-refractivity contribution in [3.05, 3.63) is 18.0 Å². The molecule has 3 fully saturated rings. The molecule has 3 aliphatic rings. The molecule has 0 bridgehead atoms. The minimum absolute atomic E-state index is 0.202. The van der Waals surface area contributed by atoms with Gasteiger partial charge in [0.05, 0.1) is 18.9 Å². The lowest BCUT2D eigenvalue weighted by Gasteiger charge is -2.36. The van der Waals surface area contributed by atoms with Gasteiger partial charge in [-0.3, -0.25) is 14.4 Å². The summed E-state index contributed by atoms with van der Waals surface area (Å²) < 4.78 is 7.36. The number of hydrogen-bond donors (Lipinski definition) is 0. The maximum atomic E-state index is 13.1. The summed E-state index contributed by atoms with van der Waals surface area (Å²) in [6.45, 7) is 6.01. The van der Waals surface area contributed by atoms with Crippen LogP contribution in [0.15, 0.2) is 12.3 Å². The minimum Gasteiger partial charge on any atom is -0.378 e. The van der Waals surface area contributed by atoms with Crippen LogP contribution in [0, 0.1) is 11.3 Å². The molecule has 2 atom stereocenters. The molecule has 2 aliphatic heterocycles. The summed E-state index contributed by atoms with van der Waals surface area (Å²) in [6.07, 6.45) is 6.48. The highest BCUT2D eigenvalue weighted by atomic mass is 16.5. The number of amides is 1. The molecule has 6 heteroatoms. The number of aromatic nitrogens is 2. The zero-order chi connectivity index (χ0) is 16.6. The molecule has 132 valence electrons. The second-order valence-corrected chi connectivity index (χ2v) is 7.65. The van der Waals surface area contributed by atoms with E-state index in [4.69, 9.17) is 4.74 Å². The zero-order valence-electron chi connectivity index (χ0n) is 14.6. The second-order valence-electron chi connectivity index (χ2n) is 7.65. The average molecular weight is 332 g/mol. The van der Waals surface area contributed by atoms with Gasteiger partial charge in [-0.05, 0) is 37.3 Å². The molecule has 6 nitrogen and oxygen atoms in total.